The van der Waals surface area contributed by atoms with E-state index in [0.29, 0.717) is 25.2 Å². The number of likely N-dealkylation sites (tertiary alicyclic amines) is 1. The highest BCUT2D eigenvalue weighted by molar-refractivity contribution is 5.54. The van der Waals surface area contributed by atoms with Gasteiger partial charge in [-0.2, -0.15) is 23.4 Å². The van der Waals surface area contributed by atoms with Crippen molar-refractivity contribution in [1.29, 1.82) is 5.26 Å². The second-order valence-corrected chi connectivity index (χ2v) is 6.31. The Labute approximate surface area is 158 Å². The van der Waals surface area contributed by atoms with E-state index in [1.807, 2.05) is 4.90 Å². The Balaban J connectivity index is 1.64. The minimum absolute atomic E-state index is 0.0305. The van der Waals surface area contributed by atoms with E-state index in [0.717, 1.165) is 5.56 Å². The number of benzene rings is 1. The van der Waals surface area contributed by atoms with Gasteiger partial charge < -0.3 is 19.2 Å². The molecule has 0 amide bonds. The number of rotatable bonds is 6. The zero-order valence-corrected chi connectivity index (χ0v) is 14.7. The molecule has 28 heavy (non-hydrogen) atoms. The monoisotopic (exact) mass is 395 g/mol. The second kappa shape index (κ2) is 7.77. The first-order chi connectivity index (χ1) is 13.3. The molecule has 0 bridgehead atoms. The number of hydrogen-bond acceptors (Lipinski definition) is 8. The van der Waals surface area contributed by atoms with Gasteiger partial charge in [-0.25, -0.2) is 5.26 Å². The predicted molar refractivity (Wildman–Crippen MR) is 88.7 cm³/mol. The van der Waals surface area contributed by atoms with Gasteiger partial charge in [-0.05, 0) is 5.56 Å². The number of halogens is 3. The molecule has 0 aliphatic carbocycles. The van der Waals surface area contributed by atoms with Crippen LogP contribution in [0, 0.1) is 17.2 Å². The Morgan fingerprint density at radius 3 is 2.64 bits per heavy atom. The first kappa shape index (κ1) is 19.5. The summed E-state index contributed by atoms with van der Waals surface area (Å²) in [6, 6.07) is 8.69. The van der Waals surface area contributed by atoms with Gasteiger partial charge in [-0.1, -0.05) is 29.4 Å². The Kier molecular flexibility index (Phi) is 5.41. The van der Waals surface area contributed by atoms with Crippen LogP contribution >= 0.6 is 0 Å². The van der Waals surface area contributed by atoms with Crippen molar-refractivity contribution >= 4 is 0 Å². The molecule has 1 aromatic heterocycles. The molecule has 8 nitrogen and oxygen atoms in total. The number of alkyl halides is 3. The smallest absolute Gasteiger partial charge is 0.370 e. The molecule has 0 saturated carbocycles. The van der Waals surface area contributed by atoms with E-state index in [1.54, 1.807) is 42.4 Å². The van der Waals surface area contributed by atoms with E-state index in [4.69, 9.17) is 10.5 Å². The molecule has 1 N–H and O–H groups in total. The molecule has 1 aromatic carbocycles. The topological polar surface area (TPSA) is 98.7 Å². The van der Waals surface area contributed by atoms with Gasteiger partial charge in [0.2, 0.25) is 11.7 Å². The average molecular weight is 395 g/mol. The lowest BCUT2D eigenvalue weighted by Crippen LogP contribution is -2.42. The third-order valence-corrected chi connectivity index (χ3v) is 4.16. The summed E-state index contributed by atoms with van der Waals surface area (Å²) in [6.45, 7) is 1.50. The Bertz CT molecular complexity index is 883. The Morgan fingerprint density at radius 2 is 2.11 bits per heavy atom. The molecular formula is C17H16F3N5O3. The van der Waals surface area contributed by atoms with Crippen LogP contribution in [0.1, 0.15) is 11.5 Å². The summed E-state index contributed by atoms with van der Waals surface area (Å²) >= 11 is 0. The van der Waals surface area contributed by atoms with Gasteiger partial charge in [0.15, 0.2) is 0 Å². The highest BCUT2D eigenvalue weighted by Gasteiger charge is 2.38. The molecule has 0 atom stereocenters. The predicted octanol–water partition coefficient (Wildman–Crippen LogP) is 2.93. The summed E-state index contributed by atoms with van der Waals surface area (Å²) < 4.78 is 41.8. The third kappa shape index (κ3) is 4.34. The van der Waals surface area contributed by atoms with Crippen molar-refractivity contribution in [2.75, 3.05) is 20.1 Å². The second-order valence-electron chi connectivity index (χ2n) is 6.31. The lowest BCUT2D eigenvalue weighted by molar-refractivity contribution is -0.225. The minimum Gasteiger partial charge on any atom is -0.370 e. The van der Waals surface area contributed by atoms with Gasteiger partial charge in [0.1, 0.15) is 0 Å². The van der Waals surface area contributed by atoms with E-state index in [-0.39, 0.29) is 17.6 Å². The molecular weight excluding hydrogens is 379 g/mol. The molecule has 0 spiro atoms. The first-order valence-electron chi connectivity index (χ1n) is 8.18. The molecule has 0 radical (unpaired) electrons. The minimum atomic E-state index is -4.69. The number of hydrogen-bond donors (Lipinski definition) is 1. The molecule has 1 aliphatic heterocycles. The molecule has 0 unspecified atom stereocenters. The summed E-state index contributed by atoms with van der Waals surface area (Å²) in [4.78, 5) is 11.2. The fourth-order valence-corrected chi connectivity index (χ4v) is 2.61. The van der Waals surface area contributed by atoms with Crippen LogP contribution in [0.4, 0.5) is 13.2 Å². The van der Waals surface area contributed by atoms with E-state index in [9.17, 15) is 13.2 Å². The highest BCUT2D eigenvalue weighted by Crippen LogP contribution is 2.29. The van der Waals surface area contributed by atoms with Crippen molar-refractivity contribution in [3.8, 4) is 17.5 Å². The van der Waals surface area contributed by atoms with Crippen LogP contribution < -0.4 is 0 Å². The fraction of sp³-hybridized carbons (Fsp3) is 0.353. The zero-order valence-electron chi connectivity index (χ0n) is 14.7. The number of aromatic nitrogens is 2. The Morgan fingerprint density at radius 1 is 1.43 bits per heavy atom. The standard InChI is InChI=1S/C17H16F3N5O3/c1-24(14(28-26)10-25-8-12(6-21)9-25)7-11-2-4-13(5-3-11)15-22-16(27-23-15)17(18,19)20/h2-5,10,12,26H,7-9H2,1H3. The van der Waals surface area contributed by atoms with Crippen molar-refractivity contribution in [3.05, 3.63) is 47.8 Å². The largest absolute Gasteiger partial charge is 0.471 e. The Hall–Kier alpha value is -3.26. The van der Waals surface area contributed by atoms with E-state index < -0.39 is 12.1 Å². The van der Waals surface area contributed by atoms with E-state index >= 15 is 0 Å². The summed E-state index contributed by atoms with van der Waals surface area (Å²) in [7, 11) is 1.70. The molecule has 1 aliphatic rings. The van der Waals surface area contributed by atoms with E-state index in [2.05, 4.69) is 25.6 Å². The summed E-state index contributed by atoms with van der Waals surface area (Å²) in [5.74, 6) is -1.38. The summed E-state index contributed by atoms with van der Waals surface area (Å²) in [5.41, 5.74) is 1.19. The molecule has 2 heterocycles. The first-order valence-corrected chi connectivity index (χ1v) is 8.18. The van der Waals surface area contributed by atoms with Crippen LogP contribution in [0.5, 0.6) is 0 Å². The molecule has 3 rings (SSSR count). The fourth-order valence-electron chi connectivity index (χ4n) is 2.61. The van der Waals surface area contributed by atoms with Crippen LogP contribution in [-0.2, 0) is 17.6 Å². The van der Waals surface area contributed by atoms with Crippen LogP contribution in [0.15, 0.2) is 40.9 Å². The van der Waals surface area contributed by atoms with Crippen LogP contribution in [-0.4, -0.2) is 45.3 Å². The van der Waals surface area contributed by atoms with Gasteiger partial charge in [0, 0.05) is 32.2 Å². The van der Waals surface area contributed by atoms with Crippen molar-refractivity contribution in [3.63, 3.8) is 0 Å². The lowest BCUT2D eigenvalue weighted by atomic mass is 10.0. The number of nitriles is 1. The molecule has 1 fully saturated rings. The third-order valence-electron chi connectivity index (χ3n) is 4.16. The summed E-state index contributed by atoms with van der Waals surface area (Å²) in [6.07, 6.45) is -3.08. The van der Waals surface area contributed by atoms with Gasteiger partial charge in [0.05, 0.1) is 18.2 Å². The van der Waals surface area contributed by atoms with Crippen molar-refractivity contribution in [1.82, 2.24) is 19.9 Å². The van der Waals surface area contributed by atoms with Crippen LogP contribution in [0.25, 0.3) is 11.4 Å². The van der Waals surface area contributed by atoms with Gasteiger partial charge >= 0.3 is 12.1 Å². The zero-order chi connectivity index (χ0) is 20.3. The van der Waals surface area contributed by atoms with Crippen molar-refractivity contribution in [2.24, 2.45) is 5.92 Å². The van der Waals surface area contributed by atoms with Gasteiger partial charge in [-0.3, -0.25) is 0 Å². The maximum atomic E-state index is 12.5. The average Bonchev–Trinajstić information content (AvgIpc) is 3.12. The van der Waals surface area contributed by atoms with Crippen molar-refractivity contribution < 1.29 is 27.8 Å². The molecule has 1 saturated heterocycles. The maximum absolute atomic E-state index is 12.5. The molecule has 148 valence electrons. The highest BCUT2D eigenvalue weighted by atomic mass is 19.4. The van der Waals surface area contributed by atoms with E-state index in [1.165, 1.54) is 0 Å². The maximum Gasteiger partial charge on any atom is 0.471 e. The quantitative estimate of drug-likeness (QED) is 0.453. The summed E-state index contributed by atoms with van der Waals surface area (Å²) in [5, 5.41) is 21.2. The molecule has 2 aromatic rings. The SMILES string of the molecule is CN(Cc1ccc(-c2noc(C(F)(F)F)n2)cc1)C(=CN1CC(C#N)C1)OO. The van der Waals surface area contributed by atoms with Crippen LogP contribution in [0.3, 0.4) is 0 Å². The normalized spacial score (nSPS) is 15.1. The van der Waals surface area contributed by atoms with Gasteiger partial charge in [-0.15, -0.1) is 0 Å². The van der Waals surface area contributed by atoms with Gasteiger partial charge in [0.25, 0.3) is 0 Å². The lowest BCUT2D eigenvalue weighted by Gasteiger charge is -2.35. The van der Waals surface area contributed by atoms with Crippen LogP contribution in [0.2, 0.25) is 0 Å². The molecule has 11 heteroatoms. The number of nitrogens with zero attached hydrogens (tertiary/aromatic N) is 5. The van der Waals surface area contributed by atoms with Crippen molar-refractivity contribution in [2.45, 2.75) is 12.7 Å².